The average Bonchev–Trinajstić information content (AvgIpc) is 2.79. The van der Waals surface area contributed by atoms with E-state index >= 15 is 0 Å². The van der Waals surface area contributed by atoms with E-state index in [1.807, 2.05) is 4.40 Å². The zero-order chi connectivity index (χ0) is 12.5. The molecule has 3 heterocycles. The summed E-state index contributed by atoms with van der Waals surface area (Å²) in [6, 6.07) is 0. The van der Waals surface area contributed by atoms with Gasteiger partial charge in [0.25, 0.3) is 0 Å². The molecule has 0 aliphatic carbocycles. The van der Waals surface area contributed by atoms with Crippen LogP contribution in [0.5, 0.6) is 0 Å². The molecule has 0 saturated carbocycles. The normalized spacial score (nSPS) is 17.1. The second kappa shape index (κ2) is 4.38. The fourth-order valence-corrected chi connectivity index (χ4v) is 2.36. The molecule has 94 valence electrons. The van der Waals surface area contributed by atoms with Crippen LogP contribution in [0, 0.1) is 0 Å². The first-order valence-corrected chi connectivity index (χ1v) is 5.90. The van der Waals surface area contributed by atoms with Crippen molar-refractivity contribution < 1.29 is 14.6 Å². The Balaban J connectivity index is 2.13. The van der Waals surface area contributed by atoms with E-state index in [1.54, 1.807) is 18.6 Å². The molecular formula is C12H13N3O3. The first-order chi connectivity index (χ1) is 8.77. The van der Waals surface area contributed by atoms with Crippen molar-refractivity contribution in [3.63, 3.8) is 0 Å². The summed E-state index contributed by atoms with van der Waals surface area (Å²) in [7, 11) is 0. The Morgan fingerprint density at radius 1 is 1.44 bits per heavy atom. The number of rotatable bonds is 2. The van der Waals surface area contributed by atoms with Crippen LogP contribution in [-0.2, 0) is 4.74 Å². The van der Waals surface area contributed by atoms with Crippen LogP contribution in [-0.4, -0.2) is 38.7 Å². The third-order valence-corrected chi connectivity index (χ3v) is 3.26. The lowest BCUT2D eigenvalue weighted by Crippen LogP contribution is -2.16. The van der Waals surface area contributed by atoms with Crippen molar-refractivity contribution in [1.82, 2.24) is 14.4 Å². The molecule has 0 radical (unpaired) electrons. The van der Waals surface area contributed by atoms with Crippen molar-refractivity contribution in [3.8, 4) is 0 Å². The topological polar surface area (TPSA) is 76.7 Å². The predicted octanol–water partition coefficient (Wildman–Crippen LogP) is 1.32. The van der Waals surface area contributed by atoms with Gasteiger partial charge in [-0.15, -0.1) is 0 Å². The molecule has 0 atom stereocenters. The molecule has 6 nitrogen and oxygen atoms in total. The first kappa shape index (κ1) is 11.2. The Morgan fingerprint density at radius 3 is 2.94 bits per heavy atom. The van der Waals surface area contributed by atoms with E-state index in [9.17, 15) is 4.79 Å². The Hall–Kier alpha value is -1.95. The molecule has 18 heavy (non-hydrogen) atoms. The number of carboxylic acids is 1. The fraction of sp³-hybridized carbons (Fsp3) is 0.417. The molecule has 0 spiro atoms. The van der Waals surface area contributed by atoms with Crippen molar-refractivity contribution in [3.05, 3.63) is 30.1 Å². The van der Waals surface area contributed by atoms with E-state index in [0.29, 0.717) is 18.7 Å². The predicted molar refractivity (Wildman–Crippen MR) is 62.7 cm³/mol. The summed E-state index contributed by atoms with van der Waals surface area (Å²) in [6.07, 6.45) is 6.70. The van der Waals surface area contributed by atoms with Gasteiger partial charge in [-0.25, -0.2) is 9.78 Å². The maximum atomic E-state index is 11.2. The van der Waals surface area contributed by atoms with E-state index in [0.717, 1.165) is 18.7 Å². The molecule has 1 N–H and O–H groups in total. The quantitative estimate of drug-likeness (QED) is 0.866. The van der Waals surface area contributed by atoms with Crippen molar-refractivity contribution >= 4 is 11.5 Å². The van der Waals surface area contributed by atoms with Gasteiger partial charge in [0.2, 0.25) is 0 Å². The standard InChI is InChI=1S/C12H13N3O3/c16-12(17)10-9-7-13-3-4-15(9)11(14-10)8-1-5-18-6-2-8/h3-4,7-8H,1-2,5-6H2,(H,16,17). The van der Waals surface area contributed by atoms with Crippen LogP contribution >= 0.6 is 0 Å². The van der Waals surface area contributed by atoms with Gasteiger partial charge in [-0.1, -0.05) is 0 Å². The highest BCUT2D eigenvalue weighted by Gasteiger charge is 2.24. The molecule has 3 rings (SSSR count). The van der Waals surface area contributed by atoms with Crippen LogP contribution < -0.4 is 0 Å². The summed E-state index contributed by atoms with van der Waals surface area (Å²) in [5.41, 5.74) is 0.621. The Labute approximate surface area is 103 Å². The van der Waals surface area contributed by atoms with Crippen LogP contribution in [0.1, 0.15) is 35.1 Å². The lowest BCUT2D eigenvalue weighted by atomic mass is 10.00. The number of ether oxygens (including phenoxy) is 1. The van der Waals surface area contributed by atoms with Crippen LogP contribution in [0.4, 0.5) is 0 Å². The summed E-state index contributed by atoms with van der Waals surface area (Å²) in [5, 5.41) is 9.17. The first-order valence-electron chi connectivity index (χ1n) is 5.90. The highest BCUT2D eigenvalue weighted by atomic mass is 16.5. The fourth-order valence-electron chi connectivity index (χ4n) is 2.36. The zero-order valence-electron chi connectivity index (χ0n) is 9.74. The molecule has 6 heteroatoms. The van der Waals surface area contributed by atoms with Gasteiger partial charge in [-0.3, -0.25) is 9.38 Å². The smallest absolute Gasteiger partial charge is 0.356 e. The lowest BCUT2D eigenvalue weighted by molar-refractivity contribution is 0.0692. The molecule has 1 saturated heterocycles. The minimum atomic E-state index is -1.01. The monoisotopic (exact) mass is 247 g/mol. The van der Waals surface area contributed by atoms with Crippen molar-refractivity contribution in [2.45, 2.75) is 18.8 Å². The molecule has 0 amide bonds. The van der Waals surface area contributed by atoms with Crippen LogP contribution in [0.3, 0.4) is 0 Å². The van der Waals surface area contributed by atoms with E-state index in [4.69, 9.17) is 9.84 Å². The highest BCUT2D eigenvalue weighted by Crippen LogP contribution is 2.27. The molecule has 1 aliphatic heterocycles. The molecular weight excluding hydrogens is 234 g/mol. The van der Waals surface area contributed by atoms with Crippen molar-refractivity contribution in [2.75, 3.05) is 13.2 Å². The second-order valence-electron chi connectivity index (χ2n) is 4.34. The maximum Gasteiger partial charge on any atom is 0.356 e. The van der Waals surface area contributed by atoms with Crippen LogP contribution in [0.2, 0.25) is 0 Å². The summed E-state index contributed by atoms with van der Waals surface area (Å²) in [4.78, 5) is 19.4. The Bertz CT molecular complexity index is 587. The Morgan fingerprint density at radius 2 is 2.22 bits per heavy atom. The van der Waals surface area contributed by atoms with Gasteiger partial charge in [0.1, 0.15) is 5.82 Å². The average molecular weight is 247 g/mol. The molecule has 0 unspecified atom stereocenters. The van der Waals surface area contributed by atoms with E-state index < -0.39 is 5.97 Å². The van der Waals surface area contributed by atoms with Gasteiger partial charge in [0, 0.05) is 31.5 Å². The maximum absolute atomic E-state index is 11.2. The SMILES string of the molecule is O=C(O)c1nc(C2CCOCC2)n2ccncc12. The van der Waals surface area contributed by atoms with Gasteiger partial charge in [-0.2, -0.15) is 0 Å². The zero-order valence-corrected chi connectivity index (χ0v) is 9.74. The molecule has 1 fully saturated rings. The summed E-state index contributed by atoms with van der Waals surface area (Å²) >= 11 is 0. The number of aromatic carboxylic acids is 1. The Kier molecular flexibility index (Phi) is 2.71. The molecule has 1 aliphatic rings. The van der Waals surface area contributed by atoms with Gasteiger partial charge < -0.3 is 9.84 Å². The van der Waals surface area contributed by atoms with E-state index in [2.05, 4.69) is 9.97 Å². The largest absolute Gasteiger partial charge is 0.476 e. The van der Waals surface area contributed by atoms with Crippen LogP contribution in [0.25, 0.3) is 5.52 Å². The third kappa shape index (κ3) is 1.74. The second-order valence-corrected chi connectivity index (χ2v) is 4.34. The number of fused-ring (bicyclic) bond motifs is 1. The number of hydrogen-bond acceptors (Lipinski definition) is 4. The number of aromatic nitrogens is 3. The third-order valence-electron chi connectivity index (χ3n) is 3.26. The highest BCUT2D eigenvalue weighted by molar-refractivity contribution is 5.93. The number of imidazole rings is 1. The lowest BCUT2D eigenvalue weighted by Gasteiger charge is -2.20. The minimum Gasteiger partial charge on any atom is -0.476 e. The minimum absolute atomic E-state index is 0.0737. The molecule has 0 bridgehead atoms. The number of carbonyl (C=O) groups is 1. The summed E-state index contributed by atoms with van der Waals surface area (Å²) < 4.78 is 7.15. The summed E-state index contributed by atoms with van der Waals surface area (Å²) in [6.45, 7) is 1.40. The van der Waals surface area contributed by atoms with Gasteiger partial charge in [0.15, 0.2) is 5.69 Å². The molecule has 0 aromatic carbocycles. The number of nitrogens with zero attached hydrogens (tertiary/aromatic N) is 3. The van der Waals surface area contributed by atoms with Gasteiger partial charge in [0.05, 0.1) is 11.7 Å². The van der Waals surface area contributed by atoms with E-state index in [1.165, 1.54) is 0 Å². The number of carboxylic acid groups (broad SMARTS) is 1. The van der Waals surface area contributed by atoms with Crippen LogP contribution in [0.15, 0.2) is 18.6 Å². The van der Waals surface area contributed by atoms with Gasteiger partial charge in [-0.05, 0) is 12.8 Å². The summed E-state index contributed by atoms with van der Waals surface area (Å²) in [5.74, 6) is 0.0358. The number of hydrogen-bond donors (Lipinski definition) is 1. The molecule has 2 aromatic heterocycles. The van der Waals surface area contributed by atoms with Gasteiger partial charge >= 0.3 is 5.97 Å². The van der Waals surface area contributed by atoms with Crippen molar-refractivity contribution in [1.29, 1.82) is 0 Å². The molecule has 2 aromatic rings. The van der Waals surface area contributed by atoms with Crippen molar-refractivity contribution in [2.24, 2.45) is 0 Å². The van der Waals surface area contributed by atoms with E-state index in [-0.39, 0.29) is 11.6 Å².